The molecule has 2 amide bonds. The van der Waals surface area contributed by atoms with E-state index >= 15 is 0 Å². The number of hydrogen-bond acceptors (Lipinski definition) is 4. The van der Waals surface area contributed by atoms with Gasteiger partial charge in [0, 0.05) is 24.3 Å². The fourth-order valence-corrected chi connectivity index (χ4v) is 3.96. The number of nitrogens with zero attached hydrogens (tertiary/aromatic N) is 1. The predicted octanol–water partition coefficient (Wildman–Crippen LogP) is 3.85. The molecule has 0 bridgehead atoms. The number of hydrogen-bond donors (Lipinski definition) is 2. The molecule has 3 rings (SSSR count). The van der Waals surface area contributed by atoms with E-state index in [0.717, 1.165) is 37.4 Å². The molecule has 6 nitrogen and oxygen atoms in total. The van der Waals surface area contributed by atoms with Gasteiger partial charge in [0.25, 0.3) is 5.91 Å². The topological polar surface area (TPSA) is 70.7 Å². The highest BCUT2D eigenvalue weighted by atomic mass is 16.5. The highest BCUT2D eigenvalue weighted by molar-refractivity contribution is 5.98. The molecule has 0 aliphatic carbocycles. The summed E-state index contributed by atoms with van der Waals surface area (Å²) in [4.78, 5) is 28.2. The molecule has 2 N–H and O–H groups in total. The number of carbonyl (C=O) groups is 2. The molecule has 0 spiro atoms. The standard InChI is InChI=1S/C26H35N3O3/c1-18(2)17-24(28-25(30)23-8-6-5-7-19(23)3)26(31)27-20(4)21-9-11-22(12-10-21)29-13-15-32-16-14-29/h5-12,18,20,24H,13-17H2,1-4H3,(H,27,31)(H,28,30). The molecule has 1 aliphatic rings. The maximum absolute atomic E-state index is 13.1. The van der Waals surface area contributed by atoms with E-state index in [-0.39, 0.29) is 23.8 Å². The Kier molecular flexibility index (Phi) is 8.28. The second kappa shape index (κ2) is 11.1. The third-order valence-electron chi connectivity index (χ3n) is 5.85. The smallest absolute Gasteiger partial charge is 0.252 e. The Bertz CT molecular complexity index is 905. The Morgan fingerprint density at radius 3 is 2.25 bits per heavy atom. The van der Waals surface area contributed by atoms with Crippen LogP contribution in [0.3, 0.4) is 0 Å². The molecule has 2 aromatic carbocycles. The molecule has 1 aliphatic heterocycles. The van der Waals surface area contributed by atoms with Gasteiger partial charge in [-0.25, -0.2) is 0 Å². The summed E-state index contributed by atoms with van der Waals surface area (Å²) in [7, 11) is 0. The normalized spacial score (nSPS) is 15.8. The van der Waals surface area contributed by atoms with Crippen LogP contribution in [0.4, 0.5) is 5.69 Å². The van der Waals surface area contributed by atoms with Crippen LogP contribution in [0.15, 0.2) is 48.5 Å². The third kappa shape index (κ3) is 6.33. The molecule has 2 atom stereocenters. The fourth-order valence-electron chi connectivity index (χ4n) is 3.96. The zero-order valence-corrected chi connectivity index (χ0v) is 19.6. The van der Waals surface area contributed by atoms with Crippen molar-refractivity contribution in [2.45, 2.75) is 46.2 Å². The minimum absolute atomic E-state index is 0.161. The Labute approximate surface area is 191 Å². The van der Waals surface area contributed by atoms with Gasteiger partial charge in [0.05, 0.1) is 19.3 Å². The molecule has 32 heavy (non-hydrogen) atoms. The van der Waals surface area contributed by atoms with Crippen LogP contribution in [0.25, 0.3) is 0 Å². The van der Waals surface area contributed by atoms with Gasteiger partial charge in [-0.2, -0.15) is 0 Å². The van der Waals surface area contributed by atoms with Gasteiger partial charge in [0.2, 0.25) is 5.91 Å². The van der Waals surface area contributed by atoms with Crippen molar-refractivity contribution in [2.24, 2.45) is 5.92 Å². The van der Waals surface area contributed by atoms with Crippen LogP contribution in [0.5, 0.6) is 0 Å². The summed E-state index contributed by atoms with van der Waals surface area (Å²) >= 11 is 0. The van der Waals surface area contributed by atoms with Crippen molar-refractivity contribution in [1.82, 2.24) is 10.6 Å². The molecule has 0 radical (unpaired) electrons. The van der Waals surface area contributed by atoms with Crippen molar-refractivity contribution < 1.29 is 14.3 Å². The number of rotatable bonds is 8. The molecule has 1 saturated heterocycles. The summed E-state index contributed by atoms with van der Waals surface area (Å²) in [6, 6.07) is 15.0. The van der Waals surface area contributed by atoms with E-state index in [0.29, 0.717) is 12.0 Å². The molecule has 2 aromatic rings. The molecule has 2 unspecified atom stereocenters. The average Bonchev–Trinajstić information content (AvgIpc) is 2.79. The van der Waals surface area contributed by atoms with Crippen LogP contribution in [0.1, 0.15) is 54.7 Å². The van der Waals surface area contributed by atoms with Crippen LogP contribution in [0.2, 0.25) is 0 Å². The minimum Gasteiger partial charge on any atom is -0.378 e. The van der Waals surface area contributed by atoms with Crippen molar-refractivity contribution >= 4 is 17.5 Å². The number of ether oxygens (including phenoxy) is 1. The summed E-state index contributed by atoms with van der Waals surface area (Å²) in [5, 5.41) is 6.03. The van der Waals surface area contributed by atoms with E-state index in [9.17, 15) is 9.59 Å². The second-order valence-electron chi connectivity index (χ2n) is 8.89. The van der Waals surface area contributed by atoms with Gasteiger partial charge in [0.15, 0.2) is 0 Å². The predicted molar refractivity (Wildman–Crippen MR) is 128 cm³/mol. The summed E-state index contributed by atoms with van der Waals surface area (Å²) in [5.41, 5.74) is 3.69. The Balaban J connectivity index is 1.64. The summed E-state index contributed by atoms with van der Waals surface area (Å²) in [6.07, 6.45) is 0.576. The van der Waals surface area contributed by atoms with Crippen molar-refractivity contribution in [1.29, 1.82) is 0 Å². The van der Waals surface area contributed by atoms with Crippen LogP contribution in [-0.2, 0) is 9.53 Å². The van der Waals surface area contributed by atoms with E-state index in [1.165, 1.54) is 5.69 Å². The van der Waals surface area contributed by atoms with E-state index in [1.54, 1.807) is 6.07 Å². The monoisotopic (exact) mass is 437 g/mol. The summed E-state index contributed by atoms with van der Waals surface area (Å²) < 4.78 is 5.42. The van der Waals surface area contributed by atoms with E-state index < -0.39 is 6.04 Å². The van der Waals surface area contributed by atoms with Crippen LogP contribution >= 0.6 is 0 Å². The molecule has 1 heterocycles. The van der Waals surface area contributed by atoms with Gasteiger partial charge in [-0.3, -0.25) is 9.59 Å². The fraction of sp³-hybridized carbons (Fsp3) is 0.462. The van der Waals surface area contributed by atoms with E-state index in [1.807, 2.05) is 45.9 Å². The van der Waals surface area contributed by atoms with Crippen LogP contribution in [-0.4, -0.2) is 44.2 Å². The molecule has 0 saturated carbocycles. The third-order valence-corrected chi connectivity index (χ3v) is 5.85. The number of anilines is 1. The number of morpholine rings is 1. The van der Waals surface area contributed by atoms with Gasteiger partial charge in [-0.05, 0) is 55.5 Å². The quantitative estimate of drug-likeness (QED) is 0.658. The minimum atomic E-state index is -0.586. The Hall–Kier alpha value is -2.86. The van der Waals surface area contributed by atoms with Gasteiger partial charge < -0.3 is 20.3 Å². The van der Waals surface area contributed by atoms with Gasteiger partial charge >= 0.3 is 0 Å². The van der Waals surface area contributed by atoms with Crippen molar-refractivity contribution in [2.75, 3.05) is 31.2 Å². The highest BCUT2D eigenvalue weighted by Crippen LogP contribution is 2.20. The number of aryl methyl sites for hydroxylation is 1. The van der Waals surface area contributed by atoms with E-state index in [4.69, 9.17) is 4.74 Å². The average molecular weight is 438 g/mol. The lowest BCUT2D eigenvalue weighted by Crippen LogP contribution is -2.48. The van der Waals surface area contributed by atoms with Gasteiger partial charge in [0.1, 0.15) is 6.04 Å². The van der Waals surface area contributed by atoms with E-state index in [2.05, 4.69) is 39.8 Å². The Morgan fingerprint density at radius 2 is 1.62 bits per heavy atom. The zero-order chi connectivity index (χ0) is 23.1. The van der Waals surface area contributed by atoms with Crippen molar-refractivity contribution in [3.8, 4) is 0 Å². The summed E-state index contributed by atoms with van der Waals surface area (Å²) in [5.74, 6) is -0.108. The van der Waals surface area contributed by atoms with Crippen molar-refractivity contribution in [3.05, 3.63) is 65.2 Å². The Morgan fingerprint density at radius 1 is 0.969 bits per heavy atom. The maximum Gasteiger partial charge on any atom is 0.252 e. The molecular formula is C26H35N3O3. The zero-order valence-electron chi connectivity index (χ0n) is 19.6. The lowest BCUT2D eigenvalue weighted by molar-refractivity contribution is -0.124. The lowest BCUT2D eigenvalue weighted by atomic mass is 10.0. The number of carbonyl (C=O) groups excluding carboxylic acids is 2. The molecule has 6 heteroatoms. The first-order valence-electron chi connectivity index (χ1n) is 11.4. The molecule has 1 fully saturated rings. The molecule has 172 valence electrons. The second-order valence-corrected chi connectivity index (χ2v) is 8.89. The SMILES string of the molecule is Cc1ccccc1C(=O)NC(CC(C)C)C(=O)NC(C)c1ccc(N2CCOCC2)cc1. The maximum atomic E-state index is 13.1. The lowest BCUT2D eigenvalue weighted by Gasteiger charge is -2.29. The van der Waals surface area contributed by atoms with Gasteiger partial charge in [-0.15, -0.1) is 0 Å². The summed E-state index contributed by atoms with van der Waals surface area (Å²) in [6.45, 7) is 11.2. The first kappa shape index (κ1) is 23.8. The number of amides is 2. The highest BCUT2D eigenvalue weighted by Gasteiger charge is 2.24. The van der Waals surface area contributed by atoms with Gasteiger partial charge in [-0.1, -0.05) is 44.2 Å². The first-order valence-corrected chi connectivity index (χ1v) is 11.4. The number of benzene rings is 2. The van der Waals surface area contributed by atoms with Crippen molar-refractivity contribution in [3.63, 3.8) is 0 Å². The van der Waals surface area contributed by atoms with Crippen LogP contribution in [0, 0.1) is 12.8 Å². The largest absolute Gasteiger partial charge is 0.378 e. The van der Waals surface area contributed by atoms with Crippen LogP contribution < -0.4 is 15.5 Å². The molecular weight excluding hydrogens is 402 g/mol. The molecule has 0 aromatic heterocycles. The number of nitrogens with one attached hydrogen (secondary N) is 2. The first-order chi connectivity index (χ1) is 15.3.